The third-order valence-electron chi connectivity index (χ3n) is 2.86. The van der Waals surface area contributed by atoms with Crippen LogP contribution in [0.25, 0.3) is 0 Å². The molecule has 1 atom stereocenters. The van der Waals surface area contributed by atoms with Crippen LogP contribution in [0.2, 0.25) is 0 Å². The van der Waals surface area contributed by atoms with Gasteiger partial charge in [-0.15, -0.1) is 0 Å². The smallest absolute Gasteiger partial charge is 0.0416 e. The molecule has 0 aromatic carbocycles. The first-order valence-corrected chi connectivity index (χ1v) is 5.70. The summed E-state index contributed by atoms with van der Waals surface area (Å²) in [4.78, 5) is 6.85. The van der Waals surface area contributed by atoms with Gasteiger partial charge in [-0.2, -0.15) is 0 Å². The van der Waals surface area contributed by atoms with E-state index in [0.29, 0.717) is 6.04 Å². The van der Waals surface area contributed by atoms with E-state index in [0.717, 1.165) is 32.6 Å². The molecule has 1 aromatic heterocycles. The Morgan fingerprint density at radius 1 is 1.53 bits per heavy atom. The van der Waals surface area contributed by atoms with Gasteiger partial charge in [-0.1, -0.05) is 6.07 Å². The maximum atomic E-state index is 4.34. The van der Waals surface area contributed by atoms with E-state index in [1.54, 1.807) is 0 Å². The second-order valence-corrected chi connectivity index (χ2v) is 4.23. The summed E-state index contributed by atoms with van der Waals surface area (Å²) >= 11 is 0. The minimum absolute atomic E-state index is 0.627. The van der Waals surface area contributed by atoms with Crippen LogP contribution in [0.5, 0.6) is 0 Å². The predicted octanol–water partition coefficient (Wildman–Crippen LogP) is 0.918. The Bertz CT molecular complexity index is 286. The van der Waals surface area contributed by atoms with Gasteiger partial charge >= 0.3 is 0 Å². The minimum Gasteiger partial charge on any atom is -0.312 e. The van der Waals surface area contributed by atoms with Crippen molar-refractivity contribution in [3.63, 3.8) is 0 Å². The zero-order valence-electron chi connectivity index (χ0n) is 9.32. The molecule has 1 aliphatic heterocycles. The summed E-state index contributed by atoms with van der Waals surface area (Å²) in [6.45, 7) is 6.81. The van der Waals surface area contributed by atoms with Crippen LogP contribution in [-0.4, -0.2) is 42.1 Å². The molecule has 82 valence electrons. The molecule has 3 heteroatoms. The van der Waals surface area contributed by atoms with Crippen LogP contribution in [0, 0.1) is 0 Å². The SMILES string of the molecule is C[C@H]1CN(CCc2ccccn2)CCN1. The maximum Gasteiger partial charge on any atom is 0.0416 e. The van der Waals surface area contributed by atoms with Crippen LogP contribution < -0.4 is 5.32 Å². The molecule has 0 unspecified atom stereocenters. The van der Waals surface area contributed by atoms with Crippen LogP contribution in [0.1, 0.15) is 12.6 Å². The highest BCUT2D eigenvalue weighted by Gasteiger charge is 2.14. The number of rotatable bonds is 3. The first kappa shape index (κ1) is 10.6. The van der Waals surface area contributed by atoms with Crippen molar-refractivity contribution >= 4 is 0 Å². The van der Waals surface area contributed by atoms with Gasteiger partial charge in [0.1, 0.15) is 0 Å². The summed E-state index contributed by atoms with van der Waals surface area (Å²) in [5.41, 5.74) is 1.20. The molecule has 1 aliphatic rings. The summed E-state index contributed by atoms with van der Waals surface area (Å²) in [5, 5.41) is 3.45. The van der Waals surface area contributed by atoms with E-state index >= 15 is 0 Å². The number of aromatic nitrogens is 1. The molecule has 0 spiro atoms. The van der Waals surface area contributed by atoms with Crippen LogP contribution in [0.15, 0.2) is 24.4 Å². The highest BCUT2D eigenvalue weighted by Crippen LogP contribution is 2.01. The molecule has 2 rings (SSSR count). The fraction of sp³-hybridized carbons (Fsp3) is 0.583. The molecule has 15 heavy (non-hydrogen) atoms. The maximum absolute atomic E-state index is 4.34. The van der Waals surface area contributed by atoms with Gasteiger partial charge < -0.3 is 10.2 Å². The van der Waals surface area contributed by atoms with Gasteiger partial charge in [0.2, 0.25) is 0 Å². The van der Waals surface area contributed by atoms with Crippen molar-refractivity contribution in [1.29, 1.82) is 0 Å². The van der Waals surface area contributed by atoms with E-state index < -0.39 is 0 Å². The second-order valence-electron chi connectivity index (χ2n) is 4.23. The highest BCUT2D eigenvalue weighted by atomic mass is 15.2. The van der Waals surface area contributed by atoms with Gasteiger partial charge in [0.05, 0.1) is 0 Å². The normalized spacial score (nSPS) is 22.9. The lowest BCUT2D eigenvalue weighted by atomic mass is 10.2. The first-order valence-electron chi connectivity index (χ1n) is 5.70. The summed E-state index contributed by atoms with van der Waals surface area (Å²) in [5.74, 6) is 0. The van der Waals surface area contributed by atoms with E-state index in [9.17, 15) is 0 Å². The number of hydrogen-bond acceptors (Lipinski definition) is 3. The van der Waals surface area contributed by atoms with Gasteiger partial charge in [-0.05, 0) is 19.1 Å². The Hall–Kier alpha value is -0.930. The van der Waals surface area contributed by atoms with E-state index in [1.165, 1.54) is 5.69 Å². The third kappa shape index (κ3) is 3.29. The van der Waals surface area contributed by atoms with Crippen molar-refractivity contribution in [2.75, 3.05) is 26.2 Å². The average molecular weight is 205 g/mol. The van der Waals surface area contributed by atoms with E-state index in [1.807, 2.05) is 12.3 Å². The molecule has 0 aliphatic carbocycles. The van der Waals surface area contributed by atoms with Gasteiger partial charge in [0.25, 0.3) is 0 Å². The molecule has 0 saturated carbocycles. The quantitative estimate of drug-likeness (QED) is 0.795. The molecule has 1 fully saturated rings. The van der Waals surface area contributed by atoms with Crippen molar-refractivity contribution in [3.05, 3.63) is 30.1 Å². The molecular formula is C12H19N3. The number of pyridine rings is 1. The molecular weight excluding hydrogens is 186 g/mol. The van der Waals surface area contributed by atoms with E-state index in [-0.39, 0.29) is 0 Å². The standard InChI is InChI=1S/C12H19N3/c1-11-10-15(9-7-13-11)8-5-12-4-2-3-6-14-12/h2-4,6,11,13H,5,7-10H2,1H3/t11-/m0/s1. The third-order valence-corrected chi connectivity index (χ3v) is 2.86. The second kappa shape index (κ2) is 5.24. The van der Waals surface area contributed by atoms with Crippen LogP contribution in [0.4, 0.5) is 0 Å². The van der Waals surface area contributed by atoms with Crippen molar-refractivity contribution in [2.24, 2.45) is 0 Å². The Labute approximate surface area is 91.5 Å². The molecule has 0 amide bonds. The largest absolute Gasteiger partial charge is 0.312 e. The summed E-state index contributed by atoms with van der Waals surface area (Å²) in [6.07, 6.45) is 2.93. The van der Waals surface area contributed by atoms with Gasteiger partial charge in [-0.25, -0.2) is 0 Å². The lowest BCUT2D eigenvalue weighted by Crippen LogP contribution is -2.49. The fourth-order valence-corrected chi connectivity index (χ4v) is 2.03. The van der Waals surface area contributed by atoms with Crippen molar-refractivity contribution in [3.8, 4) is 0 Å². The number of nitrogens with one attached hydrogen (secondary N) is 1. The van der Waals surface area contributed by atoms with Crippen LogP contribution >= 0.6 is 0 Å². The van der Waals surface area contributed by atoms with E-state index in [2.05, 4.69) is 34.3 Å². The topological polar surface area (TPSA) is 28.2 Å². The highest BCUT2D eigenvalue weighted by molar-refractivity contribution is 5.03. The van der Waals surface area contributed by atoms with Crippen LogP contribution in [0.3, 0.4) is 0 Å². The zero-order valence-corrected chi connectivity index (χ0v) is 9.32. The lowest BCUT2D eigenvalue weighted by Gasteiger charge is -2.31. The Morgan fingerprint density at radius 3 is 3.20 bits per heavy atom. The molecule has 1 aromatic rings. The predicted molar refractivity (Wildman–Crippen MR) is 61.8 cm³/mol. The number of nitrogens with zero attached hydrogens (tertiary/aromatic N) is 2. The molecule has 2 heterocycles. The van der Waals surface area contributed by atoms with Crippen LogP contribution in [-0.2, 0) is 6.42 Å². The summed E-state index contributed by atoms with van der Waals surface area (Å²) in [7, 11) is 0. The average Bonchev–Trinajstić information content (AvgIpc) is 2.28. The lowest BCUT2D eigenvalue weighted by molar-refractivity contribution is 0.209. The first-order chi connectivity index (χ1) is 7.34. The fourth-order valence-electron chi connectivity index (χ4n) is 2.03. The molecule has 0 bridgehead atoms. The summed E-state index contributed by atoms with van der Waals surface area (Å²) < 4.78 is 0. The zero-order chi connectivity index (χ0) is 10.5. The monoisotopic (exact) mass is 205 g/mol. The van der Waals surface area contributed by atoms with Gasteiger partial charge in [0, 0.05) is 50.5 Å². The van der Waals surface area contributed by atoms with Gasteiger partial charge in [-0.3, -0.25) is 4.98 Å². The number of piperazine rings is 1. The molecule has 3 nitrogen and oxygen atoms in total. The van der Waals surface area contributed by atoms with Crippen molar-refractivity contribution < 1.29 is 0 Å². The van der Waals surface area contributed by atoms with Crippen molar-refractivity contribution in [1.82, 2.24) is 15.2 Å². The molecule has 1 saturated heterocycles. The van der Waals surface area contributed by atoms with E-state index in [4.69, 9.17) is 0 Å². The molecule has 0 radical (unpaired) electrons. The Morgan fingerprint density at radius 2 is 2.47 bits per heavy atom. The Kier molecular flexibility index (Phi) is 3.69. The number of hydrogen-bond donors (Lipinski definition) is 1. The minimum atomic E-state index is 0.627. The Balaban J connectivity index is 1.78. The van der Waals surface area contributed by atoms with Crippen molar-refractivity contribution in [2.45, 2.75) is 19.4 Å². The van der Waals surface area contributed by atoms with Gasteiger partial charge in [0.15, 0.2) is 0 Å². The molecule has 1 N–H and O–H groups in total. The summed E-state index contributed by atoms with van der Waals surface area (Å²) in [6, 6.07) is 6.76.